The number of rotatable bonds is 30. The Morgan fingerprint density at radius 2 is 0.861 bits per heavy atom. The van der Waals surface area contributed by atoms with Crippen LogP contribution >= 0.6 is 0 Å². The van der Waals surface area contributed by atoms with Crippen molar-refractivity contribution in [3.05, 3.63) is 12.2 Å². The largest absolute Gasteiger partial charge is 0.466 e. The van der Waals surface area contributed by atoms with E-state index in [-0.39, 0.29) is 5.97 Å². The average molecular weight is 507 g/mol. The second-order valence-electron chi connectivity index (χ2n) is 11.1. The van der Waals surface area contributed by atoms with E-state index in [2.05, 4.69) is 26.0 Å². The van der Waals surface area contributed by atoms with Crippen molar-refractivity contribution < 1.29 is 9.53 Å². The van der Waals surface area contributed by atoms with Crippen molar-refractivity contribution in [1.29, 1.82) is 0 Å². The minimum Gasteiger partial charge on any atom is -0.466 e. The second kappa shape index (κ2) is 32.2. The number of carbonyl (C=O) groups is 1. The molecule has 0 aliphatic rings. The molecule has 0 heterocycles. The molecule has 0 fully saturated rings. The summed E-state index contributed by atoms with van der Waals surface area (Å²) in [5.41, 5.74) is 0. The van der Waals surface area contributed by atoms with E-state index < -0.39 is 0 Å². The highest BCUT2D eigenvalue weighted by Gasteiger charge is 2.02. The molecular weight excluding hydrogens is 440 g/mol. The Bertz CT molecular complexity index is 442. The zero-order chi connectivity index (χ0) is 26.2. The first kappa shape index (κ1) is 35.2. The van der Waals surface area contributed by atoms with Gasteiger partial charge in [-0.25, -0.2) is 0 Å². The monoisotopic (exact) mass is 507 g/mol. The maximum atomic E-state index is 11.8. The van der Waals surface area contributed by atoms with Gasteiger partial charge in [-0.2, -0.15) is 0 Å². The Kier molecular flexibility index (Phi) is 31.5. The van der Waals surface area contributed by atoms with Crippen molar-refractivity contribution in [1.82, 2.24) is 0 Å². The molecule has 0 saturated heterocycles. The summed E-state index contributed by atoms with van der Waals surface area (Å²) in [5.74, 6) is 0.00241. The minimum absolute atomic E-state index is 0.00241. The number of ether oxygens (including phenoxy) is 1. The molecule has 0 bridgehead atoms. The van der Waals surface area contributed by atoms with E-state index in [0.717, 1.165) is 32.1 Å². The quantitative estimate of drug-likeness (QED) is 0.0550. The standard InChI is InChI=1S/C34H66O2/c1-3-5-7-9-11-12-13-14-15-16-17-18-19-20-21-22-23-24-25-26-27-28-30-32-34(35)36-33-31-29-10-8-6-4-2/h6,8H,3-5,7,9-33H2,1-2H3/b8-6+. The summed E-state index contributed by atoms with van der Waals surface area (Å²) in [5, 5.41) is 0. The van der Waals surface area contributed by atoms with Gasteiger partial charge in [0.25, 0.3) is 0 Å². The van der Waals surface area contributed by atoms with Gasteiger partial charge in [0, 0.05) is 6.42 Å². The predicted molar refractivity (Wildman–Crippen MR) is 161 cm³/mol. The number of carbonyl (C=O) groups excluding carboxylic acids is 1. The maximum Gasteiger partial charge on any atom is 0.305 e. The highest BCUT2D eigenvalue weighted by molar-refractivity contribution is 5.69. The molecule has 2 heteroatoms. The lowest BCUT2D eigenvalue weighted by molar-refractivity contribution is -0.143. The average Bonchev–Trinajstić information content (AvgIpc) is 2.88. The normalized spacial score (nSPS) is 11.5. The number of hydrogen-bond donors (Lipinski definition) is 0. The van der Waals surface area contributed by atoms with Gasteiger partial charge in [-0.3, -0.25) is 4.79 Å². The lowest BCUT2D eigenvalue weighted by Crippen LogP contribution is -2.05. The summed E-state index contributed by atoms with van der Waals surface area (Å²) in [6.45, 7) is 5.05. The van der Waals surface area contributed by atoms with Gasteiger partial charge in [-0.05, 0) is 32.1 Å². The van der Waals surface area contributed by atoms with E-state index in [1.165, 1.54) is 141 Å². The number of hydrogen-bond acceptors (Lipinski definition) is 2. The van der Waals surface area contributed by atoms with Crippen LogP contribution in [-0.2, 0) is 9.53 Å². The van der Waals surface area contributed by atoms with Crippen LogP contribution in [0.1, 0.15) is 194 Å². The fourth-order valence-corrected chi connectivity index (χ4v) is 4.96. The molecule has 0 saturated carbocycles. The van der Waals surface area contributed by atoms with Crippen molar-refractivity contribution in [3.8, 4) is 0 Å². The van der Waals surface area contributed by atoms with Crippen molar-refractivity contribution in [2.75, 3.05) is 6.61 Å². The Morgan fingerprint density at radius 3 is 1.25 bits per heavy atom. The van der Waals surface area contributed by atoms with Crippen LogP contribution in [0.5, 0.6) is 0 Å². The molecule has 0 spiro atoms. The van der Waals surface area contributed by atoms with E-state index in [1.807, 2.05) is 0 Å². The van der Waals surface area contributed by atoms with E-state index in [1.54, 1.807) is 0 Å². The van der Waals surface area contributed by atoms with Gasteiger partial charge in [0.15, 0.2) is 0 Å². The van der Waals surface area contributed by atoms with Crippen LogP contribution in [0.4, 0.5) is 0 Å². The van der Waals surface area contributed by atoms with Crippen molar-refractivity contribution in [2.45, 2.75) is 194 Å². The molecule has 36 heavy (non-hydrogen) atoms. The van der Waals surface area contributed by atoms with E-state index in [4.69, 9.17) is 4.74 Å². The SMILES string of the molecule is CC/C=C/CCCCOC(=O)CCCCCCCCCCCCCCCCCCCCCCCCC. The van der Waals surface area contributed by atoms with Crippen molar-refractivity contribution in [2.24, 2.45) is 0 Å². The summed E-state index contributed by atoms with van der Waals surface area (Å²) >= 11 is 0. The van der Waals surface area contributed by atoms with Crippen LogP contribution in [0.3, 0.4) is 0 Å². The highest BCUT2D eigenvalue weighted by Crippen LogP contribution is 2.15. The molecule has 0 atom stereocenters. The Labute approximate surface area is 227 Å². The van der Waals surface area contributed by atoms with Crippen LogP contribution in [0.25, 0.3) is 0 Å². The zero-order valence-corrected chi connectivity index (χ0v) is 25.0. The summed E-state index contributed by atoms with van der Waals surface area (Å²) in [4.78, 5) is 11.8. The second-order valence-corrected chi connectivity index (χ2v) is 11.1. The predicted octanol–water partition coefficient (Wildman–Crippen LogP) is 12.0. The molecule has 214 valence electrons. The Hall–Kier alpha value is -0.790. The third-order valence-corrected chi connectivity index (χ3v) is 7.42. The van der Waals surface area contributed by atoms with Gasteiger partial charge < -0.3 is 4.74 Å². The molecule has 0 rings (SSSR count). The van der Waals surface area contributed by atoms with Crippen LogP contribution in [0.2, 0.25) is 0 Å². The first-order valence-electron chi connectivity index (χ1n) is 16.6. The molecular formula is C34H66O2. The molecule has 2 nitrogen and oxygen atoms in total. The van der Waals surface area contributed by atoms with Crippen molar-refractivity contribution >= 4 is 5.97 Å². The Balaban J connectivity index is 3.11. The van der Waals surface area contributed by atoms with Gasteiger partial charge >= 0.3 is 5.97 Å². The van der Waals surface area contributed by atoms with Crippen LogP contribution < -0.4 is 0 Å². The molecule has 0 unspecified atom stereocenters. The lowest BCUT2D eigenvalue weighted by atomic mass is 10.0. The third-order valence-electron chi connectivity index (χ3n) is 7.42. The number of allylic oxidation sites excluding steroid dienone is 2. The van der Waals surface area contributed by atoms with Gasteiger partial charge in [0.1, 0.15) is 0 Å². The smallest absolute Gasteiger partial charge is 0.305 e. The van der Waals surface area contributed by atoms with Crippen LogP contribution in [0, 0.1) is 0 Å². The van der Waals surface area contributed by atoms with Gasteiger partial charge in [0.05, 0.1) is 6.61 Å². The fraction of sp³-hybridized carbons (Fsp3) is 0.912. The number of esters is 1. The molecule has 0 aliphatic carbocycles. The Morgan fingerprint density at radius 1 is 0.472 bits per heavy atom. The molecule has 0 aromatic rings. The lowest BCUT2D eigenvalue weighted by Gasteiger charge is -2.05. The topological polar surface area (TPSA) is 26.3 Å². The van der Waals surface area contributed by atoms with Gasteiger partial charge in [0.2, 0.25) is 0 Å². The molecule has 0 N–H and O–H groups in total. The zero-order valence-electron chi connectivity index (χ0n) is 25.0. The van der Waals surface area contributed by atoms with E-state index >= 15 is 0 Å². The van der Waals surface area contributed by atoms with Gasteiger partial charge in [-0.15, -0.1) is 0 Å². The van der Waals surface area contributed by atoms with Crippen LogP contribution in [-0.4, -0.2) is 12.6 Å². The maximum absolute atomic E-state index is 11.8. The molecule has 0 radical (unpaired) electrons. The van der Waals surface area contributed by atoms with E-state index in [0.29, 0.717) is 13.0 Å². The molecule has 0 amide bonds. The first-order valence-corrected chi connectivity index (χ1v) is 16.6. The first-order chi connectivity index (χ1) is 17.8. The summed E-state index contributed by atoms with van der Waals surface area (Å²) < 4.78 is 5.34. The summed E-state index contributed by atoms with van der Waals surface area (Å²) in [7, 11) is 0. The minimum atomic E-state index is 0.00241. The van der Waals surface area contributed by atoms with Crippen LogP contribution in [0.15, 0.2) is 12.2 Å². The molecule has 0 aromatic heterocycles. The van der Waals surface area contributed by atoms with E-state index in [9.17, 15) is 4.79 Å². The van der Waals surface area contributed by atoms with Gasteiger partial charge in [-0.1, -0.05) is 167 Å². The number of unbranched alkanes of at least 4 members (excludes halogenated alkanes) is 24. The molecule has 0 aromatic carbocycles. The fourth-order valence-electron chi connectivity index (χ4n) is 4.96. The van der Waals surface area contributed by atoms with Crippen molar-refractivity contribution in [3.63, 3.8) is 0 Å². The highest BCUT2D eigenvalue weighted by atomic mass is 16.5. The third kappa shape index (κ3) is 31.2. The molecule has 0 aliphatic heterocycles. The summed E-state index contributed by atoms with van der Waals surface area (Å²) in [6, 6.07) is 0. The summed E-state index contributed by atoms with van der Waals surface area (Å²) in [6.07, 6.45) is 41.5.